The molecule has 1 fully saturated rings. The largest absolute Gasteiger partial charge is 0.481 e. The van der Waals surface area contributed by atoms with E-state index in [4.69, 9.17) is 0 Å². The third-order valence-electron chi connectivity index (χ3n) is 17.1. The second-order valence-electron chi connectivity index (χ2n) is 26.9. The van der Waals surface area contributed by atoms with Crippen LogP contribution in [0.2, 0.25) is 0 Å². The molecular weight excluding hydrogens is 1310 g/mol. The molecule has 0 aliphatic carbocycles. The van der Waals surface area contributed by atoms with E-state index in [1.807, 2.05) is 57.2 Å². The summed E-state index contributed by atoms with van der Waals surface area (Å²) in [6, 6.07) is 1.20. The second-order valence-corrected chi connectivity index (χ2v) is 28.0. The smallest absolute Gasteiger partial charge is 0.303 e. The summed E-state index contributed by atoms with van der Waals surface area (Å²) in [5, 5.41) is 54.5. The van der Waals surface area contributed by atoms with Gasteiger partial charge in [-0.1, -0.05) is 77.9 Å². The summed E-state index contributed by atoms with van der Waals surface area (Å²) >= 11 is 1.26. The Bertz CT molecular complexity index is 3630. The average Bonchev–Trinajstić information content (AvgIpc) is 1.57. The zero-order chi connectivity index (χ0) is 73.4. The fourth-order valence-electron chi connectivity index (χ4n) is 11.2. The van der Waals surface area contributed by atoms with Crippen molar-refractivity contribution >= 4 is 105 Å². The topological polar surface area (TPSA) is 450 Å². The lowest BCUT2D eigenvalue weighted by molar-refractivity contribution is -0.138. The van der Waals surface area contributed by atoms with Gasteiger partial charge in [0.05, 0.1) is 25.0 Å². The summed E-state index contributed by atoms with van der Waals surface area (Å²) in [4.78, 5) is 184. The average molecular weight is 1410 g/mol. The number of amides is 11. The zero-order valence-electron chi connectivity index (χ0n) is 58.5. The highest BCUT2D eigenvalue weighted by Crippen LogP contribution is 2.23. The number of H-pyrrole nitrogens is 3. The highest BCUT2D eigenvalue weighted by molar-refractivity contribution is 7.99. The maximum atomic E-state index is 14.9. The Morgan fingerprint density at radius 1 is 0.610 bits per heavy atom. The molecule has 1 saturated heterocycles. The molecule has 1 unspecified atom stereocenters. The number of benzene rings is 2. The van der Waals surface area contributed by atoms with Crippen LogP contribution in [-0.4, -0.2) is 198 Å². The molecule has 5 aromatic rings. The summed E-state index contributed by atoms with van der Waals surface area (Å²) in [7, 11) is 0. The molecule has 31 heteroatoms. The molecule has 1 aliphatic heterocycles. The number of hydrogen-bond acceptors (Lipinski definition) is 16. The molecule has 6 rings (SSSR count). The van der Waals surface area contributed by atoms with Gasteiger partial charge in [-0.25, -0.2) is 4.98 Å². The number of imidazole rings is 1. The van der Waals surface area contributed by atoms with Crippen molar-refractivity contribution in [3.05, 3.63) is 90.3 Å². The number of aliphatic hydroxyl groups excluding tert-OH is 1. The molecule has 30 nitrogen and oxygen atoms in total. The van der Waals surface area contributed by atoms with Crippen LogP contribution in [0, 0.1) is 11.8 Å². The molecule has 0 saturated carbocycles. The summed E-state index contributed by atoms with van der Waals surface area (Å²) in [5.74, 6) is -10.5. The van der Waals surface area contributed by atoms with Crippen LogP contribution in [0.25, 0.3) is 21.8 Å². The maximum Gasteiger partial charge on any atom is 0.303 e. The molecule has 100 heavy (non-hydrogen) atoms. The van der Waals surface area contributed by atoms with E-state index in [1.54, 1.807) is 59.1 Å². The Morgan fingerprint density at radius 3 is 1.64 bits per heavy atom. The quantitative estimate of drug-likeness (QED) is 0.0518. The third-order valence-corrected chi connectivity index (χ3v) is 18.2. The number of nitrogens with zero attached hydrogens (tertiary/aromatic N) is 1. The van der Waals surface area contributed by atoms with Crippen molar-refractivity contribution in [2.24, 2.45) is 11.8 Å². The number of aromatic amines is 3. The van der Waals surface area contributed by atoms with Crippen molar-refractivity contribution in [2.75, 3.05) is 24.6 Å². The molecular formula is C69H100N16O14S. The molecule has 4 heterocycles. The Morgan fingerprint density at radius 2 is 1.11 bits per heavy atom. The number of carboxylic acid groups (broad SMARTS) is 1. The number of nitrogens with one attached hydrogen (secondary N) is 15. The molecule has 2 aromatic carbocycles. The number of rotatable bonds is 20. The van der Waals surface area contributed by atoms with Gasteiger partial charge < -0.3 is 89.0 Å². The van der Waals surface area contributed by atoms with Gasteiger partial charge >= 0.3 is 5.97 Å². The third kappa shape index (κ3) is 24.8. The van der Waals surface area contributed by atoms with Gasteiger partial charge in [-0.3, -0.25) is 57.5 Å². The minimum atomic E-state index is -1.59. The lowest BCUT2D eigenvalue weighted by Crippen LogP contribution is -2.60. The number of fused-ring (bicyclic) bond motifs is 2. The number of carbonyl (C=O) groups is 12. The Balaban J connectivity index is 1.39. The van der Waals surface area contributed by atoms with E-state index in [9.17, 15) is 67.7 Å². The summed E-state index contributed by atoms with van der Waals surface area (Å²) < 4.78 is 0. The Hall–Kier alpha value is -9.36. The zero-order valence-corrected chi connectivity index (χ0v) is 59.3. The summed E-state index contributed by atoms with van der Waals surface area (Å²) in [6.45, 7) is 16.4. The second kappa shape index (κ2) is 38.3. The summed E-state index contributed by atoms with van der Waals surface area (Å²) in [6.07, 6.45) is 4.21. The van der Waals surface area contributed by atoms with Crippen LogP contribution < -0.4 is 63.8 Å². The van der Waals surface area contributed by atoms with Crippen LogP contribution in [0.1, 0.15) is 131 Å². The monoisotopic (exact) mass is 1410 g/mol. The van der Waals surface area contributed by atoms with Gasteiger partial charge in [0, 0.05) is 89.6 Å². The van der Waals surface area contributed by atoms with Crippen molar-refractivity contribution < 1.29 is 67.7 Å². The Labute approximate surface area is 585 Å². The van der Waals surface area contributed by atoms with Gasteiger partial charge in [0.1, 0.15) is 54.4 Å². The first kappa shape index (κ1) is 79.6. The van der Waals surface area contributed by atoms with Crippen LogP contribution >= 0.6 is 11.8 Å². The van der Waals surface area contributed by atoms with Crippen LogP contribution in [0.4, 0.5) is 0 Å². The van der Waals surface area contributed by atoms with E-state index >= 15 is 0 Å². The number of para-hydroxylation sites is 2. The van der Waals surface area contributed by atoms with E-state index in [2.05, 4.69) is 83.7 Å². The van der Waals surface area contributed by atoms with Crippen molar-refractivity contribution in [2.45, 2.75) is 206 Å². The van der Waals surface area contributed by atoms with Crippen LogP contribution in [0.5, 0.6) is 0 Å². The van der Waals surface area contributed by atoms with E-state index in [-0.39, 0.29) is 74.8 Å². The van der Waals surface area contributed by atoms with Crippen LogP contribution in [-0.2, 0) is 76.8 Å². The normalized spacial score (nSPS) is 23.6. The molecule has 11 atom stereocenters. The first-order chi connectivity index (χ1) is 47.4. The van der Waals surface area contributed by atoms with Crippen molar-refractivity contribution in [1.29, 1.82) is 0 Å². The van der Waals surface area contributed by atoms with Gasteiger partial charge in [-0.05, 0) is 107 Å². The fraction of sp³-hybridized carbons (Fsp3) is 0.551. The summed E-state index contributed by atoms with van der Waals surface area (Å²) in [5.41, 5.74) is 2.48. The first-order valence-electron chi connectivity index (χ1n) is 34.0. The van der Waals surface area contributed by atoms with Crippen molar-refractivity contribution in [3.8, 4) is 0 Å². The predicted molar refractivity (Wildman–Crippen MR) is 376 cm³/mol. The highest BCUT2D eigenvalue weighted by atomic mass is 32.2. The van der Waals surface area contributed by atoms with Gasteiger partial charge in [0.15, 0.2) is 0 Å². The van der Waals surface area contributed by atoms with Crippen LogP contribution in [0.3, 0.4) is 0 Å². The standard InChI is InChI=1S/C69H100N16O14S/c1-11-46-62(93)83-54(28-42-32-72-48-20-16-14-18-45(42)48)65(96)79-50(60(91)73-30-39(7)86)23-24-100-35-56(85-69(9,10)12-2)68(99)76-40(8)59(90)80-53(27-41-31-71-47-19-15-13-17-44(41)47)66(97)84-55(29-43-33-70-36-75-43)67(98)81-51(25-37(3)4)61(92)74-34-57(87)77-49(21-22-58(88)89)63(94)82-52(26-38(5)6)64(95)78-46/h13-20,31-33,36-40,46,49-56,71-72,85-86H,11-12,21-30,34-35H2,1-10H3,(H,70,75)(H,73,91)(H,74,92)(H,76,99)(H,77,87)(H,78,95)(H,79,96)(H,80,90)(H,81,98)(H,82,94)(H,83,93)(H,84,97)(H,88,89)/t39-,40+,46?,49+,50+,51+,52+,53+,54+,55+,56+/m1/s1. The molecule has 546 valence electrons. The maximum absolute atomic E-state index is 14.9. The number of carboxylic acids is 1. The van der Waals surface area contributed by atoms with Crippen molar-refractivity contribution in [1.82, 2.24) is 83.7 Å². The highest BCUT2D eigenvalue weighted by Gasteiger charge is 2.37. The van der Waals surface area contributed by atoms with Gasteiger partial charge in [-0.2, -0.15) is 11.8 Å². The lowest BCUT2D eigenvalue weighted by atomic mass is 10.0. The molecule has 17 N–H and O–H groups in total. The van der Waals surface area contributed by atoms with Crippen LogP contribution in [0.15, 0.2) is 73.4 Å². The Kier molecular flexibility index (Phi) is 30.5. The number of aromatic nitrogens is 4. The minimum absolute atomic E-state index is 0.00842. The molecule has 3 aromatic heterocycles. The van der Waals surface area contributed by atoms with Gasteiger partial charge in [0.2, 0.25) is 65.0 Å². The van der Waals surface area contributed by atoms with E-state index in [0.29, 0.717) is 23.2 Å². The molecule has 0 radical (unpaired) electrons. The SMILES string of the molecule is CCC1NC(=O)[C@H](CC(C)C)NC(=O)[C@H](CCC(=O)O)NC(=O)CNC(=O)[C@H](CC(C)C)NC(=O)[C@H](Cc2cnc[nH]2)NC(=O)[C@H](Cc2c[nH]c3ccccc23)NC(=O)[C@H](C)NC(=O)[C@@H](NC(C)(C)CC)CSCC[C@@H](C(=O)NC[C@@H](C)O)NC(=O)[C@H](Cc2c[nH]c3ccccc23)NC1=O. The number of carbonyl (C=O) groups excluding carboxylic acids is 11. The molecule has 0 spiro atoms. The van der Waals surface area contributed by atoms with E-state index in [1.165, 1.54) is 38.1 Å². The van der Waals surface area contributed by atoms with E-state index < -0.39 is 162 Å². The number of aliphatic carboxylic acids is 1. The number of aliphatic hydroxyl groups is 1. The fourth-order valence-corrected chi connectivity index (χ4v) is 12.3. The molecule has 11 amide bonds. The lowest BCUT2D eigenvalue weighted by Gasteiger charge is -2.31. The first-order valence-corrected chi connectivity index (χ1v) is 35.2. The van der Waals surface area contributed by atoms with Gasteiger partial charge in [-0.15, -0.1) is 0 Å². The molecule has 0 bridgehead atoms. The molecule has 1 aliphatic rings. The number of hydrogen-bond donors (Lipinski definition) is 17. The van der Waals surface area contributed by atoms with E-state index in [0.717, 1.165) is 21.8 Å². The number of thioether (sulfide) groups is 1. The minimum Gasteiger partial charge on any atom is -0.481 e. The van der Waals surface area contributed by atoms with Gasteiger partial charge in [0.25, 0.3) is 0 Å². The van der Waals surface area contributed by atoms with Crippen molar-refractivity contribution in [3.63, 3.8) is 0 Å². The predicted octanol–water partition coefficient (Wildman–Crippen LogP) is 1.05.